The fourth-order valence-corrected chi connectivity index (χ4v) is 4.21. The van der Waals surface area contributed by atoms with Crippen LogP contribution in [0.2, 0.25) is 0 Å². The highest BCUT2D eigenvalue weighted by Crippen LogP contribution is 2.23. The number of sulfonamides is 1. The summed E-state index contributed by atoms with van der Waals surface area (Å²) in [4.78, 5) is 2.64. The molecule has 5 nitrogen and oxygen atoms in total. The standard InChI is InChI=1S/C16H26N2O3S/c1-3-18-12-6-7-14(13-18)10-11-17-22(19,20)16-9-5-4-8-15(16)21-2/h4-5,8-9,14,17H,3,6-7,10-13H2,1-2H3. The monoisotopic (exact) mass is 326 g/mol. The fraction of sp³-hybridized carbons (Fsp3) is 0.625. The molecular weight excluding hydrogens is 300 g/mol. The molecule has 0 spiro atoms. The molecule has 1 N–H and O–H groups in total. The van der Waals surface area contributed by atoms with Crippen LogP contribution in [0.5, 0.6) is 5.75 Å². The largest absolute Gasteiger partial charge is 0.495 e. The van der Waals surface area contributed by atoms with Gasteiger partial charge < -0.3 is 9.64 Å². The molecule has 0 saturated carbocycles. The minimum atomic E-state index is -3.51. The van der Waals surface area contributed by atoms with Gasteiger partial charge in [-0.05, 0) is 50.4 Å². The van der Waals surface area contributed by atoms with Crippen LogP contribution >= 0.6 is 0 Å². The molecule has 0 amide bonds. The topological polar surface area (TPSA) is 58.6 Å². The van der Waals surface area contributed by atoms with E-state index in [2.05, 4.69) is 16.5 Å². The number of nitrogens with one attached hydrogen (secondary N) is 1. The molecule has 0 aliphatic carbocycles. The van der Waals surface area contributed by atoms with E-state index in [1.165, 1.54) is 26.5 Å². The lowest BCUT2D eigenvalue weighted by Gasteiger charge is -2.31. The van der Waals surface area contributed by atoms with E-state index in [1.807, 2.05) is 0 Å². The summed E-state index contributed by atoms with van der Waals surface area (Å²) in [5.41, 5.74) is 0. The van der Waals surface area contributed by atoms with Gasteiger partial charge in [0.15, 0.2) is 0 Å². The van der Waals surface area contributed by atoms with Crippen molar-refractivity contribution in [2.75, 3.05) is 33.3 Å². The second-order valence-electron chi connectivity index (χ2n) is 5.74. The highest BCUT2D eigenvalue weighted by atomic mass is 32.2. The van der Waals surface area contributed by atoms with E-state index < -0.39 is 10.0 Å². The third-order valence-corrected chi connectivity index (χ3v) is 5.75. The summed E-state index contributed by atoms with van der Waals surface area (Å²) >= 11 is 0. The van der Waals surface area contributed by atoms with Gasteiger partial charge in [-0.3, -0.25) is 0 Å². The van der Waals surface area contributed by atoms with Crippen molar-refractivity contribution in [2.24, 2.45) is 5.92 Å². The molecule has 22 heavy (non-hydrogen) atoms. The number of likely N-dealkylation sites (tertiary alicyclic amines) is 1. The minimum Gasteiger partial charge on any atom is -0.495 e. The zero-order chi connectivity index (χ0) is 16.0. The minimum absolute atomic E-state index is 0.205. The Morgan fingerprint density at radius 3 is 2.86 bits per heavy atom. The lowest BCUT2D eigenvalue weighted by Crippen LogP contribution is -2.36. The molecule has 1 saturated heterocycles. The number of benzene rings is 1. The quantitative estimate of drug-likeness (QED) is 0.833. The van der Waals surface area contributed by atoms with Crippen molar-refractivity contribution in [3.8, 4) is 5.75 Å². The third kappa shape index (κ3) is 4.44. The van der Waals surface area contributed by atoms with Crippen molar-refractivity contribution in [1.82, 2.24) is 9.62 Å². The predicted octanol–water partition coefficient (Wildman–Crippen LogP) is 2.10. The fourth-order valence-electron chi connectivity index (χ4n) is 2.99. The summed E-state index contributed by atoms with van der Waals surface area (Å²) in [5.74, 6) is 0.957. The first-order valence-electron chi connectivity index (χ1n) is 7.92. The van der Waals surface area contributed by atoms with Crippen LogP contribution in [-0.4, -0.2) is 46.6 Å². The van der Waals surface area contributed by atoms with Crippen molar-refractivity contribution in [3.05, 3.63) is 24.3 Å². The summed E-state index contributed by atoms with van der Waals surface area (Å²) in [7, 11) is -2.03. The molecule has 1 atom stereocenters. The lowest BCUT2D eigenvalue weighted by atomic mass is 9.95. The van der Waals surface area contributed by atoms with Crippen LogP contribution < -0.4 is 9.46 Å². The Morgan fingerprint density at radius 1 is 1.36 bits per heavy atom. The van der Waals surface area contributed by atoms with E-state index in [1.54, 1.807) is 24.3 Å². The molecule has 2 rings (SSSR count). The maximum absolute atomic E-state index is 12.4. The summed E-state index contributed by atoms with van der Waals surface area (Å²) in [6.07, 6.45) is 3.27. The van der Waals surface area contributed by atoms with Crippen molar-refractivity contribution in [2.45, 2.75) is 31.1 Å². The average Bonchev–Trinajstić information content (AvgIpc) is 2.55. The van der Waals surface area contributed by atoms with Crippen molar-refractivity contribution in [3.63, 3.8) is 0 Å². The smallest absolute Gasteiger partial charge is 0.244 e. The molecule has 124 valence electrons. The second kappa shape index (κ2) is 7.94. The number of piperidine rings is 1. The van der Waals surface area contributed by atoms with Gasteiger partial charge in [0.2, 0.25) is 10.0 Å². The number of nitrogens with zero attached hydrogens (tertiary/aromatic N) is 1. The van der Waals surface area contributed by atoms with E-state index in [9.17, 15) is 8.42 Å². The number of rotatable bonds is 7. The predicted molar refractivity (Wildman–Crippen MR) is 87.6 cm³/mol. The molecule has 1 aliphatic rings. The Balaban J connectivity index is 1.90. The summed E-state index contributed by atoms with van der Waals surface area (Å²) in [6.45, 7) is 5.96. The Morgan fingerprint density at radius 2 is 2.14 bits per heavy atom. The highest BCUT2D eigenvalue weighted by molar-refractivity contribution is 7.89. The van der Waals surface area contributed by atoms with Crippen molar-refractivity contribution >= 4 is 10.0 Å². The number of hydrogen-bond donors (Lipinski definition) is 1. The molecule has 0 radical (unpaired) electrons. The molecule has 1 aliphatic heterocycles. The third-order valence-electron chi connectivity index (χ3n) is 4.25. The first kappa shape index (κ1) is 17.2. The summed E-state index contributed by atoms with van der Waals surface area (Å²) in [5, 5.41) is 0. The Hall–Kier alpha value is -1.11. The Labute approximate surface area is 133 Å². The molecule has 0 aromatic heterocycles. The van der Waals surface area contributed by atoms with E-state index in [0.717, 1.165) is 19.5 Å². The molecular formula is C16H26N2O3S. The van der Waals surface area contributed by atoms with E-state index in [0.29, 0.717) is 18.2 Å². The number of hydrogen-bond acceptors (Lipinski definition) is 4. The van der Waals surface area contributed by atoms with Gasteiger partial charge in [0.25, 0.3) is 0 Å². The molecule has 1 aromatic rings. The number of para-hydroxylation sites is 1. The summed E-state index contributed by atoms with van der Waals surface area (Å²) < 4.78 is 32.6. The average molecular weight is 326 g/mol. The Bertz CT molecular complexity index is 575. The first-order valence-corrected chi connectivity index (χ1v) is 9.40. The summed E-state index contributed by atoms with van der Waals surface area (Å²) in [6, 6.07) is 6.70. The second-order valence-corrected chi connectivity index (χ2v) is 7.47. The van der Waals surface area contributed by atoms with Crippen molar-refractivity contribution in [1.29, 1.82) is 0 Å². The van der Waals surface area contributed by atoms with Crippen molar-refractivity contribution < 1.29 is 13.2 Å². The van der Waals surface area contributed by atoms with Gasteiger partial charge in [0.1, 0.15) is 10.6 Å². The van der Waals surface area contributed by atoms with Gasteiger partial charge in [-0.25, -0.2) is 13.1 Å². The number of methoxy groups -OCH3 is 1. The molecule has 1 unspecified atom stereocenters. The maximum Gasteiger partial charge on any atom is 0.244 e. The molecule has 1 aromatic carbocycles. The SMILES string of the molecule is CCN1CCCC(CCNS(=O)(=O)c2ccccc2OC)C1. The molecule has 1 fully saturated rings. The van der Waals surface area contributed by atoms with Crippen LogP contribution in [0.3, 0.4) is 0 Å². The normalized spacial score (nSPS) is 20.0. The van der Waals surface area contributed by atoms with E-state index in [4.69, 9.17) is 4.74 Å². The number of ether oxygens (including phenoxy) is 1. The Kier molecular flexibility index (Phi) is 6.23. The van der Waals surface area contributed by atoms with Crippen LogP contribution in [0.15, 0.2) is 29.2 Å². The zero-order valence-electron chi connectivity index (χ0n) is 13.4. The maximum atomic E-state index is 12.4. The highest BCUT2D eigenvalue weighted by Gasteiger charge is 2.21. The van der Waals surface area contributed by atoms with Gasteiger partial charge >= 0.3 is 0 Å². The molecule has 1 heterocycles. The zero-order valence-corrected chi connectivity index (χ0v) is 14.2. The van der Waals surface area contributed by atoms with Gasteiger partial charge in [0, 0.05) is 13.1 Å². The van der Waals surface area contributed by atoms with Gasteiger partial charge in [-0.1, -0.05) is 19.1 Å². The van der Waals surface area contributed by atoms with E-state index >= 15 is 0 Å². The van der Waals surface area contributed by atoms with E-state index in [-0.39, 0.29) is 4.90 Å². The van der Waals surface area contributed by atoms with Crippen LogP contribution in [0.25, 0.3) is 0 Å². The van der Waals surface area contributed by atoms with Crippen LogP contribution in [0, 0.1) is 5.92 Å². The lowest BCUT2D eigenvalue weighted by molar-refractivity contribution is 0.177. The van der Waals surface area contributed by atoms with Crippen LogP contribution in [0.1, 0.15) is 26.2 Å². The van der Waals surface area contributed by atoms with Gasteiger partial charge in [-0.2, -0.15) is 0 Å². The van der Waals surface area contributed by atoms with Crippen LogP contribution in [-0.2, 0) is 10.0 Å². The van der Waals surface area contributed by atoms with Gasteiger partial charge in [-0.15, -0.1) is 0 Å². The first-order chi connectivity index (χ1) is 10.6. The molecule has 6 heteroatoms. The van der Waals surface area contributed by atoms with Crippen LogP contribution in [0.4, 0.5) is 0 Å². The van der Waals surface area contributed by atoms with Gasteiger partial charge in [0.05, 0.1) is 7.11 Å². The molecule has 0 bridgehead atoms.